The summed E-state index contributed by atoms with van der Waals surface area (Å²) in [6, 6.07) is 13.8. The van der Waals surface area contributed by atoms with Gasteiger partial charge in [0.15, 0.2) is 5.76 Å². The van der Waals surface area contributed by atoms with Crippen molar-refractivity contribution in [3.8, 4) is 0 Å². The van der Waals surface area contributed by atoms with Gasteiger partial charge in [-0.15, -0.1) is 0 Å². The van der Waals surface area contributed by atoms with Gasteiger partial charge >= 0.3 is 0 Å². The number of benzene rings is 2. The summed E-state index contributed by atoms with van der Waals surface area (Å²) in [6.07, 6.45) is 0. The molecule has 0 atom stereocenters. The Morgan fingerprint density at radius 2 is 2.00 bits per heavy atom. The normalized spacial score (nSPS) is 10.8. The lowest BCUT2D eigenvalue weighted by Gasteiger charge is -2.13. The highest BCUT2D eigenvalue weighted by atomic mass is 79.9. The Morgan fingerprint density at radius 1 is 1.21 bits per heavy atom. The van der Waals surface area contributed by atoms with E-state index in [1.165, 1.54) is 0 Å². The van der Waals surface area contributed by atoms with Crippen molar-refractivity contribution in [1.29, 1.82) is 0 Å². The largest absolute Gasteiger partial charge is 0.451 e. The van der Waals surface area contributed by atoms with Crippen LogP contribution in [0.3, 0.4) is 0 Å². The molecule has 0 saturated heterocycles. The fourth-order valence-corrected chi connectivity index (χ4v) is 2.98. The molecule has 4 nitrogen and oxygen atoms in total. The highest BCUT2D eigenvalue weighted by molar-refractivity contribution is 9.10. The summed E-state index contributed by atoms with van der Waals surface area (Å²) >= 11 is 3.45. The minimum Gasteiger partial charge on any atom is -0.451 e. The quantitative estimate of drug-likeness (QED) is 0.717. The lowest BCUT2D eigenvalue weighted by molar-refractivity contribution is 0.0924. The number of nitrogens with zero attached hydrogens (tertiary/aromatic N) is 1. The number of hydrogen-bond acceptors (Lipinski definition) is 3. The lowest BCUT2D eigenvalue weighted by atomic mass is 10.1. The van der Waals surface area contributed by atoms with Gasteiger partial charge in [-0.3, -0.25) is 4.79 Å². The molecule has 0 radical (unpaired) electrons. The predicted octanol–water partition coefficient (Wildman–Crippen LogP) is 4.50. The summed E-state index contributed by atoms with van der Waals surface area (Å²) in [4.78, 5) is 14.5. The minimum absolute atomic E-state index is 0.199. The summed E-state index contributed by atoms with van der Waals surface area (Å²) in [5.74, 6) is 0.168. The van der Waals surface area contributed by atoms with E-state index in [1.54, 1.807) is 0 Å². The number of anilines is 1. The van der Waals surface area contributed by atoms with Crippen molar-refractivity contribution in [2.75, 3.05) is 19.0 Å². The number of hydrogen-bond donors (Lipinski definition) is 1. The van der Waals surface area contributed by atoms with Gasteiger partial charge in [-0.1, -0.05) is 28.1 Å². The second kappa shape index (κ2) is 6.69. The summed E-state index contributed by atoms with van der Waals surface area (Å²) in [7, 11) is 3.99. The summed E-state index contributed by atoms with van der Waals surface area (Å²) in [5.41, 5.74) is 3.72. The molecule has 3 aromatic rings. The number of aryl methyl sites for hydroxylation is 1. The van der Waals surface area contributed by atoms with E-state index < -0.39 is 0 Å². The van der Waals surface area contributed by atoms with Crippen LogP contribution >= 0.6 is 15.9 Å². The number of rotatable bonds is 4. The van der Waals surface area contributed by atoms with E-state index in [1.807, 2.05) is 62.3 Å². The topological polar surface area (TPSA) is 45.5 Å². The summed E-state index contributed by atoms with van der Waals surface area (Å²) in [6.45, 7) is 2.36. The smallest absolute Gasteiger partial charge is 0.287 e. The first-order valence-corrected chi connectivity index (χ1v) is 8.48. The van der Waals surface area contributed by atoms with Crippen LogP contribution in [-0.4, -0.2) is 20.0 Å². The number of amides is 1. The van der Waals surface area contributed by atoms with E-state index in [0.29, 0.717) is 12.3 Å². The first-order valence-electron chi connectivity index (χ1n) is 7.69. The maximum atomic E-state index is 12.5. The molecule has 5 heteroatoms. The Bertz CT molecular complexity index is 900. The van der Waals surface area contributed by atoms with Gasteiger partial charge < -0.3 is 14.6 Å². The van der Waals surface area contributed by atoms with Gasteiger partial charge in [0, 0.05) is 41.7 Å². The molecule has 1 heterocycles. The number of nitrogens with one attached hydrogen (secondary N) is 1. The molecule has 0 aliphatic rings. The van der Waals surface area contributed by atoms with Crippen molar-refractivity contribution in [2.24, 2.45) is 0 Å². The molecule has 2 aromatic carbocycles. The second-order valence-electron chi connectivity index (χ2n) is 5.94. The molecule has 0 aliphatic heterocycles. The number of furan rings is 1. The zero-order valence-corrected chi connectivity index (χ0v) is 15.5. The van der Waals surface area contributed by atoms with E-state index >= 15 is 0 Å². The van der Waals surface area contributed by atoms with Crippen molar-refractivity contribution in [3.63, 3.8) is 0 Å². The number of halogens is 1. The molecule has 124 valence electrons. The first-order chi connectivity index (χ1) is 11.5. The van der Waals surface area contributed by atoms with Gasteiger partial charge in [-0.05, 0) is 42.8 Å². The zero-order chi connectivity index (χ0) is 17.3. The SMILES string of the molecule is Cc1c(C(=O)NCc2cccc(N(C)C)c2)oc2ccc(Br)cc12. The molecule has 0 spiro atoms. The molecule has 0 saturated carbocycles. The number of carbonyl (C=O) groups excluding carboxylic acids is 1. The maximum absolute atomic E-state index is 12.5. The molecule has 1 aromatic heterocycles. The number of carbonyl (C=O) groups is 1. The summed E-state index contributed by atoms with van der Waals surface area (Å²) in [5, 5.41) is 3.88. The van der Waals surface area contributed by atoms with Crippen LogP contribution in [0.25, 0.3) is 11.0 Å². The van der Waals surface area contributed by atoms with E-state index in [0.717, 1.165) is 32.3 Å². The van der Waals surface area contributed by atoms with Crippen LogP contribution in [-0.2, 0) is 6.54 Å². The fourth-order valence-electron chi connectivity index (χ4n) is 2.62. The lowest BCUT2D eigenvalue weighted by Crippen LogP contribution is -2.23. The maximum Gasteiger partial charge on any atom is 0.287 e. The van der Waals surface area contributed by atoms with Crippen LogP contribution in [0.15, 0.2) is 51.4 Å². The zero-order valence-electron chi connectivity index (χ0n) is 13.9. The van der Waals surface area contributed by atoms with Crippen LogP contribution in [0, 0.1) is 6.92 Å². The third-order valence-electron chi connectivity index (χ3n) is 3.98. The van der Waals surface area contributed by atoms with E-state index in [4.69, 9.17) is 4.42 Å². The average molecular weight is 387 g/mol. The van der Waals surface area contributed by atoms with Crippen molar-refractivity contribution >= 4 is 38.5 Å². The van der Waals surface area contributed by atoms with Gasteiger partial charge in [-0.25, -0.2) is 0 Å². The van der Waals surface area contributed by atoms with Crippen molar-refractivity contribution in [3.05, 3.63) is 63.8 Å². The van der Waals surface area contributed by atoms with Crippen molar-refractivity contribution < 1.29 is 9.21 Å². The Labute approximate surface area is 149 Å². The Hall–Kier alpha value is -2.27. The Kier molecular flexibility index (Phi) is 4.62. The van der Waals surface area contributed by atoms with E-state index in [9.17, 15) is 4.79 Å². The summed E-state index contributed by atoms with van der Waals surface area (Å²) < 4.78 is 6.69. The Morgan fingerprint density at radius 3 is 2.75 bits per heavy atom. The molecule has 1 N–H and O–H groups in total. The molecular weight excluding hydrogens is 368 g/mol. The van der Waals surface area contributed by atoms with Crippen LogP contribution in [0.2, 0.25) is 0 Å². The first kappa shape index (κ1) is 16.6. The second-order valence-corrected chi connectivity index (χ2v) is 6.86. The van der Waals surface area contributed by atoms with Gasteiger partial charge in [0.1, 0.15) is 5.58 Å². The molecule has 3 rings (SSSR count). The highest BCUT2D eigenvalue weighted by Gasteiger charge is 2.17. The monoisotopic (exact) mass is 386 g/mol. The van der Waals surface area contributed by atoms with Crippen LogP contribution in [0.1, 0.15) is 21.7 Å². The molecule has 0 bridgehead atoms. The van der Waals surface area contributed by atoms with Gasteiger partial charge in [-0.2, -0.15) is 0 Å². The van der Waals surface area contributed by atoms with Crippen LogP contribution in [0.5, 0.6) is 0 Å². The molecule has 0 aliphatic carbocycles. The molecule has 1 amide bonds. The molecule has 0 fully saturated rings. The van der Waals surface area contributed by atoms with Crippen LogP contribution < -0.4 is 10.2 Å². The van der Waals surface area contributed by atoms with Gasteiger partial charge in [0.25, 0.3) is 5.91 Å². The Balaban J connectivity index is 1.78. The predicted molar refractivity (Wildman–Crippen MR) is 101 cm³/mol. The van der Waals surface area contributed by atoms with E-state index in [2.05, 4.69) is 27.3 Å². The molecule has 0 unspecified atom stereocenters. The van der Waals surface area contributed by atoms with Gasteiger partial charge in [0.2, 0.25) is 0 Å². The highest BCUT2D eigenvalue weighted by Crippen LogP contribution is 2.28. The third-order valence-corrected chi connectivity index (χ3v) is 4.48. The van der Waals surface area contributed by atoms with Gasteiger partial charge in [0.05, 0.1) is 0 Å². The third kappa shape index (κ3) is 3.31. The fraction of sp³-hybridized carbons (Fsp3) is 0.211. The molecule has 24 heavy (non-hydrogen) atoms. The van der Waals surface area contributed by atoms with Crippen molar-refractivity contribution in [2.45, 2.75) is 13.5 Å². The molecular formula is C19H19BrN2O2. The average Bonchev–Trinajstić information content (AvgIpc) is 2.89. The van der Waals surface area contributed by atoms with E-state index in [-0.39, 0.29) is 5.91 Å². The minimum atomic E-state index is -0.199. The standard InChI is InChI=1S/C19H19BrN2O2/c1-12-16-10-14(20)7-8-17(16)24-18(12)19(23)21-11-13-5-4-6-15(9-13)22(2)3/h4-10H,11H2,1-3H3,(H,21,23). The van der Waals surface area contributed by atoms with Crippen molar-refractivity contribution in [1.82, 2.24) is 5.32 Å². The van der Waals surface area contributed by atoms with Crippen LogP contribution in [0.4, 0.5) is 5.69 Å². The number of fused-ring (bicyclic) bond motifs is 1.